The molecule has 0 aliphatic heterocycles. The molecule has 3 aromatic rings. The first kappa shape index (κ1) is 16.6. The van der Waals surface area contributed by atoms with Crippen LogP contribution in [0.4, 0.5) is 0 Å². The SMILES string of the molecule is Cc1nn2c(C)c(C(=O)OC(C)C)nnc2c1-c1ccc(Br)cc1. The largest absolute Gasteiger partial charge is 0.458 e. The Morgan fingerprint density at radius 3 is 2.46 bits per heavy atom. The van der Waals surface area contributed by atoms with Gasteiger partial charge in [-0.3, -0.25) is 0 Å². The van der Waals surface area contributed by atoms with Gasteiger partial charge in [-0.25, -0.2) is 9.31 Å². The average Bonchev–Trinajstić information content (AvgIpc) is 2.85. The maximum atomic E-state index is 12.1. The van der Waals surface area contributed by atoms with E-state index in [4.69, 9.17) is 4.74 Å². The summed E-state index contributed by atoms with van der Waals surface area (Å²) < 4.78 is 7.86. The monoisotopic (exact) mass is 388 g/mol. The third-order valence-electron chi connectivity index (χ3n) is 3.61. The molecule has 0 aliphatic rings. The summed E-state index contributed by atoms with van der Waals surface area (Å²) in [5, 5.41) is 12.8. The van der Waals surface area contributed by atoms with Crippen LogP contribution in [0.25, 0.3) is 16.8 Å². The molecule has 0 atom stereocenters. The summed E-state index contributed by atoms with van der Waals surface area (Å²) in [4.78, 5) is 12.1. The van der Waals surface area contributed by atoms with Gasteiger partial charge >= 0.3 is 5.97 Å². The van der Waals surface area contributed by atoms with Gasteiger partial charge in [0.1, 0.15) is 0 Å². The van der Waals surface area contributed by atoms with Gasteiger partial charge in [0, 0.05) is 4.47 Å². The molecule has 0 N–H and O–H groups in total. The molecule has 0 amide bonds. The Morgan fingerprint density at radius 2 is 1.83 bits per heavy atom. The highest BCUT2D eigenvalue weighted by Crippen LogP contribution is 2.28. The number of hydrogen-bond donors (Lipinski definition) is 0. The van der Waals surface area contributed by atoms with Crippen molar-refractivity contribution in [2.45, 2.75) is 33.8 Å². The Morgan fingerprint density at radius 1 is 1.17 bits per heavy atom. The molecule has 3 rings (SSSR count). The van der Waals surface area contributed by atoms with Crippen LogP contribution in [0.2, 0.25) is 0 Å². The molecule has 2 heterocycles. The minimum Gasteiger partial charge on any atom is -0.458 e. The molecule has 0 saturated heterocycles. The first-order valence-corrected chi connectivity index (χ1v) is 8.37. The predicted octanol–water partition coefficient (Wildman–Crippen LogP) is 3.74. The molecule has 1 aromatic carbocycles. The fourth-order valence-electron chi connectivity index (χ4n) is 2.52. The third kappa shape index (κ3) is 2.91. The number of halogens is 1. The van der Waals surface area contributed by atoms with Crippen LogP contribution in [-0.4, -0.2) is 31.9 Å². The number of benzene rings is 1. The molecule has 0 radical (unpaired) electrons. The average molecular weight is 389 g/mol. The Hall–Kier alpha value is -2.28. The molecule has 0 spiro atoms. The van der Waals surface area contributed by atoms with Crippen molar-refractivity contribution in [2.24, 2.45) is 0 Å². The van der Waals surface area contributed by atoms with E-state index in [0.29, 0.717) is 11.3 Å². The van der Waals surface area contributed by atoms with Gasteiger partial charge in [-0.15, -0.1) is 10.2 Å². The Kier molecular flexibility index (Phi) is 4.36. The van der Waals surface area contributed by atoms with Crippen molar-refractivity contribution < 1.29 is 9.53 Å². The zero-order chi connectivity index (χ0) is 17.4. The van der Waals surface area contributed by atoms with E-state index in [1.807, 2.05) is 31.2 Å². The fourth-order valence-corrected chi connectivity index (χ4v) is 2.79. The maximum absolute atomic E-state index is 12.1. The normalized spacial score (nSPS) is 11.2. The maximum Gasteiger partial charge on any atom is 0.361 e. The lowest BCUT2D eigenvalue weighted by atomic mass is 10.1. The molecule has 0 bridgehead atoms. The zero-order valence-electron chi connectivity index (χ0n) is 13.9. The summed E-state index contributed by atoms with van der Waals surface area (Å²) >= 11 is 3.43. The number of ether oxygens (including phenoxy) is 1. The van der Waals surface area contributed by atoms with E-state index in [1.165, 1.54) is 0 Å². The van der Waals surface area contributed by atoms with Gasteiger partial charge in [0.15, 0.2) is 11.3 Å². The van der Waals surface area contributed by atoms with E-state index in [-0.39, 0.29) is 11.8 Å². The van der Waals surface area contributed by atoms with Gasteiger partial charge in [-0.05, 0) is 45.4 Å². The second kappa shape index (κ2) is 6.32. The molecule has 24 heavy (non-hydrogen) atoms. The summed E-state index contributed by atoms with van der Waals surface area (Å²) in [6.07, 6.45) is -0.216. The molecule has 0 fully saturated rings. The van der Waals surface area contributed by atoms with Gasteiger partial charge in [0.2, 0.25) is 0 Å². The van der Waals surface area contributed by atoms with E-state index in [1.54, 1.807) is 25.3 Å². The van der Waals surface area contributed by atoms with Crippen LogP contribution in [0.15, 0.2) is 28.7 Å². The van der Waals surface area contributed by atoms with E-state index < -0.39 is 5.97 Å². The van der Waals surface area contributed by atoms with Gasteiger partial charge in [-0.1, -0.05) is 28.1 Å². The molecule has 0 unspecified atom stereocenters. The Labute approximate surface area is 148 Å². The molecular weight excluding hydrogens is 372 g/mol. The van der Waals surface area contributed by atoms with Crippen molar-refractivity contribution in [2.75, 3.05) is 0 Å². The van der Waals surface area contributed by atoms with Crippen molar-refractivity contribution in [3.05, 3.63) is 45.8 Å². The van der Waals surface area contributed by atoms with Crippen LogP contribution in [0.3, 0.4) is 0 Å². The van der Waals surface area contributed by atoms with Gasteiger partial charge in [-0.2, -0.15) is 5.10 Å². The highest BCUT2D eigenvalue weighted by Gasteiger charge is 2.21. The highest BCUT2D eigenvalue weighted by molar-refractivity contribution is 9.10. The number of fused-ring (bicyclic) bond motifs is 1. The zero-order valence-corrected chi connectivity index (χ0v) is 15.5. The van der Waals surface area contributed by atoms with Gasteiger partial charge in [0.05, 0.1) is 23.1 Å². The van der Waals surface area contributed by atoms with Crippen LogP contribution in [0, 0.1) is 13.8 Å². The third-order valence-corrected chi connectivity index (χ3v) is 4.14. The second-order valence-corrected chi connectivity index (χ2v) is 6.71. The lowest BCUT2D eigenvalue weighted by molar-refractivity contribution is 0.0367. The van der Waals surface area contributed by atoms with Crippen LogP contribution in [0.1, 0.15) is 35.7 Å². The molecule has 7 heteroatoms. The smallest absolute Gasteiger partial charge is 0.361 e. The summed E-state index contributed by atoms with van der Waals surface area (Å²) in [5.41, 5.74) is 4.13. The minimum absolute atomic E-state index is 0.182. The van der Waals surface area contributed by atoms with E-state index in [9.17, 15) is 4.79 Å². The highest BCUT2D eigenvalue weighted by atomic mass is 79.9. The van der Waals surface area contributed by atoms with E-state index in [0.717, 1.165) is 21.3 Å². The molecule has 0 saturated carbocycles. The first-order valence-electron chi connectivity index (χ1n) is 7.58. The summed E-state index contributed by atoms with van der Waals surface area (Å²) in [6, 6.07) is 7.91. The van der Waals surface area contributed by atoms with Crippen molar-refractivity contribution >= 4 is 27.5 Å². The lowest BCUT2D eigenvalue weighted by Crippen LogP contribution is -2.17. The lowest BCUT2D eigenvalue weighted by Gasteiger charge is -2.09. The van der Waals surface area contributed by atoms with Crippen molar-refractivity contribution in [3.63, 3.8) is 0 Å². The summed E-state index contributed by atoms with van der Waals surface area (Å²) in [6.45, 7) is 7.29. The van der Waals surface area contributed by atoms with Crippen LogP contribution < -0.4 is 0 Å². The van der Waals surface area contributed by atoms with E-state index in [2.05, 4.69) is 31.2 Å². The molecular formula is C17H17BrN4O2. The second-order valence-electron chi connectivity index (χ2n) is 5.79. The van der Waals surface area contributed by atoms with Gasteiger partial charge < -0.3 is 4.74 Å². The van der Waals surface area contributed by atoms with Gasteiger partial charge in [0.25, 0.3) is 0 Å². The molecule has 2 aromatic heterocycles. The van der Waals surface area contributed by atoms with Crippen molar-refractivity contribution in [1.82, 2.24) is 19.8 Å². The number of nitrogens with zero attached hydrogens (tertiary/aromatic N) is 4. The number of esters is 1. The van der Waals surface area contributed by atoms with Crippen molar-refractivity contribution in [1.29, 1.82) is 0 Å². The number of carbonyl (C=O) groups is 1. The van der Waals surface area contributed by atoms with Crippen LogP contribution in [-0.2, 0) is 4.74 Å². The van der Waals surface area contributed by atoms with Crippen molar-refractivity contribution in [3.8, 4) is 11.1 Å². The number of aryl methyl sites for hydroxylation is 2. The molecule has 0 aliphatic carbocycles. The molecule has 6 nitrogen and oxygen atoms in total. The predicted molar refractivity (Wildman–Crippen MR) is 93.9 cm³/mol. The summed E-state index contributed by atoms with van der Waals surface area (Å²) in [5.74, 6) is -0.491. The standard InChI is InChI=1S/C17H17BrN4O2/c1-9(2)24-17(23)15-11(4)22-16(20-19-15)14(10(3)21-22)12-5-7-13(18)8-6-12/h5-9H,1-4H3. The quantitative estimate of drug-likeness (QED) is 0.639. The van der Waals surface area contributed by atoms with E-state index >= 15 is 0 Å². The van der Waals surface area contributed by atoms with Crippen LogP contribution in [0.5, 0.6) is 0 Å². The fraction of sp³-hybridized carbons (Fsp3) is 0.294. The number of hydrogen-bond acceptors (Lipinski definition) is 5. The topological polar surface area (TPSA) is 69.4 Å². The Bertz CT molecular complexity index is 916. The Balaban J connectivity index is 2.15. The number of carbonyl (C=O) groups excluding carboxylic acids is 1. The number of rotatable bonds is 3. The molecule has 124 valence electrons. The minimum atomic E-state index is -0.491. The number of aromatic nitrogens is 4. The van der Waals surface area contributed by atoms with Crippen LogP contribution >= 0.6 is 15.9 Å². The summed E-state index contributed by atoms with van der Waals surface area (Å²) in [7, 11) is 0. The first-order chi connectivity index (χ1) is 11.4.